The van der Waals surface area contributed by atoms with Crippen LogP contribution in [0.25, 0.3) is 0 Å². The zero-order chi connectivity index (χ0) is 17.7. The van der Waals surface area contributed by atoms with Gasteiger partial charge in [0.25, 0.3) is 0 Å². The molecule has 1 unspecified atom stereocenters. The van der Waals surface area contributed by atoms with Crippen LogP contribution in [0.1, 0.15) is 38.8 Å². The van der Waals surface area contributed by atoms with Crippen LogP contribution < -0.4 is 4.74 Å². The third-order valence-corrected chi connectivity index (χ3v) is 4.34. The molecule has 0 aliphatic rings. The molecule has 0 aliphatic carbocycles. The minimum atomic E-state index is -0.139. The molecular formula is C19H28ClN3O. The Hall–Kier alpha value is -1.52. The number of aryl methyl sites for hydroxylation is 1. The van der Waals surface area contributed by atoms with E-state index >= 15 is 0 Å². The van der Waals surface area contributed by atoms with E-state index in [1.807, 2.05) is 36.3 Å². The maximum Gasteiger partial charge on any atom is 0.120 e. The summed E-state index contributed by atoms with van der Waals surface area (Å²) in [4.78, 5) is 2.25. The number of hydrogen-bond acceptors (Lipinski definition) is 3. The van der Waals surface area contributed by atoms with Crippen LogP contribution in [0.3, 0.4) is 0 Å². The lowest BCUT2D eigenvalue weighted by Gasteiger charge is -2.34. The molecule has 4 nitrogen and oxygen atoms in total. The summed E-state index contributed by atoms with van der Waals surface area (Å²) in [6.07, 6.45) is 4.81. The topological polar surface area (TPSA) is 30.3 Å². The van der Waals surface area contributed by atoms with Gasteiger partial charge in [0.2, 0.25) is 0 Å². The Morgan fingerprint density at radius 1 is 1.08 bits per heavy atom. The molecule has 24 heavy (non-hydrogen) atoms. The number of halogens is 1. The molecule has 132 valence electrons. The molecule has 0 N–H and O–H groups in total. The maximum absolute atomic E-state index is 6.52. The van der Waals surface area contributed by atoms with E-state index in [1.54, 1.807) is 0 Å². The van der Waals surface area contributed by atoms with Crippen molar-refractivity contribution in [2.45, 2.75) is 51.7 Å². The van der Waals surface area contributed by atoms with E-state index in [1.165, 1.54) is 11.1 Å². The summed E-state index contributed by atoms with van der Waals surface area (Å²) in [5.74, 6) is 0.850. The summed E-state index contributed by atoms with van der Waals surface area (Å²) >= 11 is 6.52. The van der Waals surface area contributed by atoms with Gasteiger partial charge in [-0.1, -0.05) is 12.1 Å². The number of hydrogen-bond donors (Lipinski definition) is 0. The van der Waals surface area contributed by atoms with E-state index in [4.69, 9.17) is 16.3 Å². The number of alkyl halides is 1. The number of benzene rings is 1. The second kappa shape index (κ2) is 8.54. The minimum Gasteiger partial charge on any atom is -0.491 e. The predicted octanol–water partition coefficient (Wildman–Crippen LogP) is 4.07. The minimum absolute atomic E-state index is 0.139. The first-order chi connectivity index (χ1) is 11.4. The molecule has 2 rings (SSSR count). The second-order valence-electron chi connectivity index (χ2n) is 6.72. The Kier molecular flexibility index (Phi) is 6.69. The van der Waals surface area contributed by atoms with Crippen LogP contribution in [0.15, 0.2) is 36.7 Å². The summed E-state index contributed by atoms with van der Waals surface area (Å²) in [5, 5.41) is 4.20. The van der Waals surface area contributed by atoms with E-state index in [9.17, 15) is 0 Å². The van der Waals surface area contributed by atoms with Crippen LogP contribution in [-0.2, 0) is 13.5 Å². The maximum atomic E-state index is 6.52. The Bertz CT molecular complexity index is 614. The fraction of sp³-hybridized carbons (Fsp3) is 0.526. The van der Waals surface area contributed by atoms with Gasteiger partial charge in [0.15, 0.2) is 0 Å². The SMILES string of the molecule is CC(C)N(C(C)C)C(Cl)COc1ccc(Cc2cnn(C)c2)cc1. The molecule has 2 aromatic rings. The van der Waals surface area contributed by atoms with Crippen molar-refractivity contribution in [2.24, 2.45) is 7.05 Å². The zero-order valence-electron chi connectivity index (χ0n) is 15.2. The fourth-order valence-electron chi connectivity index (χ4n) is 3.00. The molecule has 5 heteroatoms. The Morgan fingerprint density at radius 2 is 1.71 bits per heavy atom. The van der Waals surface area contributed by atoms with Crippen molar-refractivity contribution in [2.75, 3.05) is 6.61 Å². The highest BCUT2D eigenvalue weighted by atomic mass is 35.5. The van der Waals surface area contributed by atoms with E-state index in [-0.39, 0.29) is 5.50 Å². The van der Waals surface area contributed by atoms with Crippen molar-refractivity contribution in [1.29, 1.82) is 0 Å². The van der Waals surface area contributed by atoms with Gasteiger partial charge in [-0.2, -0.15) is 5.10 Å². The van der Waals surface area contributed by atoms with E-state index in [0.29, 0.717) is 18.7 Å². The number of nitrogens with zero attached hydrogens (tertiary/aromatic N) is 3. The summed E-state index contributed by atoms with van der Waals surface area (Å²) in [6.45, 7) is 9.09. The summed E-state index contributed by atoms with van der Waals surface area (Å²) in [6, 6.07) is 8.97. The van der Waals surface area contributed by atoms with Gasteiger partial charge in [-0.15, -0.1) is 11.6 Å². The van der Waals surface area contributed by atoms with Gasteiger partial charge in [-0.3, -0.25) is 9.58 Å². The molecule has 1 atom stereocenters. The number of aromatic nitrogens is 2. The lowest BCUT2D eigenvalue weighted by molar-refractivity contribution is 0.119. The van der Waals surface area contributed by atoms with Gasteiger partial charge in [0, 0.05) is 31.7 Å². The van der Waals surface area contributed by atoms with E-state index < -0.39 is 0 Å². The molecule has 0 saturated carbocycles. The standard InChI is InChI=1S/C19H28ClN3O/c1-14(2)23(15(3)4)19(20)13-24-18-8-6-16(7-9-18)10-17-11-21-22(5)12-17/h6-9,11-12,14-15,19H,10,13H2,1-5H3. The monoisotopic (exact) mass is 349 g/mol. The summed E-state index contributed by atoms with van der Waals surface area (Å²) < 4.78 is 7.69. The van der Waals surface area contributed by atoms with Gasteiger partial charge < -0.3 is 4.74 Å². The molecular weight excluding hydrogens is 322 g/mol. The highest BCUT2D eigenvalue weighted by Crippen LogP contribution is 2.18. The van der Waals surface area contributed by atoms with E-state index in [0.717, 1.165) is 12.2 Å². The van der Waals surface area contributed by atoms with Crippen LogP contribution in [-0.4, -0.2) is 38.9 Å². The summed E-state index contributed by atoms with van der Waals surface area (Å²) in [7, 11) is 1.93. The molecule has 0 saturated heterocycles. The normalized spacial score (nSPS) is 13.0. The Morgan fingerprint density at radius 3 is 2.21 bits per heavy atom. The lowest BCUT2D eigenvalue weighted by Crippen LogP contribution is -2.44. The average Bonchev–Trinajstić information content (AvgIpc) is 2.91. The van der Waals surface area contributed by atoms with Crippen molar-refractivity contribution in [3.05, 3.63) is 47.8 Å². The lowest BCUT2D eigenvalue weighted by atomic mass is 10.1. The number of rotatable bonds is 8. The molecule has 0 radical (unpaired) electrons. The predicted molar refractivity (Wildman–Crippen MR) is 99.7 cm³/mol. The molecule has 1 heterocycles. The largest absolute Gasteiger partial charge is 0.491 e. The average molecular weight is 350 g/mol. The van der Waals surface area contributed by atoms with Gasteiger partial charge >= 0.3 is 0 Å². The second-order valence-corrected chi connectivity index (χ2v) is 7.23. The molecule has 1 aromatic carbocycles. The van der Waals surface area contributed by atoms with Crippen LogP contribution >= 0.6 is 11.6 Å². The Labute approximate surface area is 150 Å². The fourth-order valence-corrected chi connectivity index (χ4v) is 3.51. The third-order valence-electron chi connectivity index (χ3n) is 3.99. The summed E-state index contributed by atoms with van der Waals surface area (Å²) in [5.41, 5.74) is 2.31. The van der Waals surface area contributed by atoms with Gasteiger partial charge in [0.1, 0.15) is 17.9 Å². The smallest absolute Gasteiger partial charge is 0.120 e. The van der Waals surface area contributed by atoms with Crippen molar-refractivity contribution < 1.29 is 4.74 Å². The first-order valence-electron chi connectivity index (χ1n) is 8.47. The molecule has 0 fully saturated rings. The van der Waals surface area contributed by atoms with Gasteiger partial charge in [0.05, 0.1) is 6.20 Å². The van der Waals surface area contributed by atoms with Gasteiger partial charge in [-0.25, -0.2) is 0 Å². The molecule has 0 aliphatic heterocycles. The quantitative estimate of drug-likeness (QED) is 0.531. The first-order valence-corrected chi connectivity index (χ1v) is 8.91. The molecule has 0 amide bonds. The van der Waals surface area contributed by atoms with Crippen LogP contribution in [0.2, 0.25) is 0 Å². The molecule has 1 aromatic heterocycles. The van der Waals surface area contributed by atoms with Crippen LogP contribution in [0.5, 0.6) is 5.75 Å². The highest BCUT2D eigenvalue weighted by molar-refractivity contribution is 6.20. The van der Waals surface area contributed by atoms with Gasteiger partial charge in [-0.05, 0) is 51.0 Å². The third kappa shape index (κ3) is 5.25. The zero-order valence-corrected chi connectivity index (χ0v) is 16.0. The van der Waals surface area contributed by atoms with Crippen molar-refractivity contribution in [3.63, 3.8) is 0 Å². The number of ether oxygens (including phenoxy) is 1. The van der Waals surface area contributed by atoms with Crippen molar-refractivity contribution in [3.8, 4) is 5.75 Å². The molecule has 0 bridgehead atoms. The Balaban J connectivity index is 1.89. The van der Waals surface area contributed by atoms with Crippen molar-refractivity contribution >= 4 is 11.6 Å². The highest BCUT2D eigenvalue weighted by Gasteiger charge is 2.22. The van der Waals surface area contributed by atoms with Crippen LogP contribution in [0.4, 0.5) is 0 Å². The molecule has 0 spiro atoms. The first kappa shape index (κ1) is 18.8. The van der Waals surface area contributed by atoms with E-state index in [2.05, 4.69) is 49.8 Å². The van der Waals surface area contributed by atoms with Crippen molar-refractivity contribution in [1.82, 2.24) is 14.7 Å². The van der Waals surface area contributed by atoms with Crippen LogP contribution in [0, 0.1) is 0 Å².